The predicted molar refractivity (Wildman–Crippen MR) is 77.6 cm³/mol. The van der Waals surface area contributed by atoms with Crippen molar-refractivity contribution in [1.82, 2.24) is 10.4 Å². The summed E-state index contributed by atoms with van der Waals surface area (Å²) < 4.78 is 0. The normalized spacial score (nSPS) is 10.2. The Morgan fingerprint density at radius 1 is 1.11 bits per heavy atom. The Bertz CT molecular complexity index is 525. The van der Waals surface area contributed by atoms with E-state index in [4.69, 9.17) is 12.2 Å². The van der Waals surface area contributed by atoms with Crippen LogP contribution >= 0.6 is 12.2 Å². The summed E-state index contributed by atoms with van der Waals surface area (Å²) in [6.07, 6.45) is 5.10. The van der Waals surface area contributed by atoms with E-state index >= 15 is 0 Å². The van der Waals surface area contributed by atoms with E-state index in [1.807, 2.05) is 42.5 Å². The molecular formula is C13H12N4S. The van der Waals surface area contributed by atoms with Crippen molar-refractivity contribution >= 4 is 29.2 Å². The SMILES string of the molecule is S=C(NN=Cc1ccncc1)Nc1ccccc1. The summed E-state index contributed by atoms with van der Waals surface area (Å²) in [4.78, 5) is 3.92. The average molecular weight is 256 g/mol. The van der Waals surface area contributed by atoms with Crippen LogP contribution in [0.25, 0.3) is 0 Å². The first-order valence-electron chi connectivity index (χ1n) is 5.40. The van der Waals surface area contributed by atoms with E-state index in [1.165, 1.54) is 0 Å². The zero-order valence-electron chi connectivity index (χ0n) is 9.58. The van der Waals surface area contributed by atoms with Crippen LogP contribution in [0.5, 0.6) is 0 Å². The third-order valence-electron chi connectivity index (χ3n) is 2.12. The maximum Gasteiger partial charge on any atom is 0.191 e. The van der Waals surface area contributed by atoms with Gasteiger partial charge in [-0.25, -0.2) is 0 Å². The fourth-order valence-corrected chi connectivity index (χ4v) is 1.47. The zero-order valence-corrected chi connectivity index (χ0v) is 10.4. The highest BCUT2D eigenvalue weighted by Gasteiger charge is 1.93. The molecule has 18 heavy (non-hydrogen) atoms. The Kier molecular flexibility index (Phi) is 4.38. The standard InChI is InChI=1S/C13H12N4S/c18-13(16-12-4-2-1-3-5-12)17-15-10-11-6-8-14-9-7-11/h1-10H,(H2,16,17,18). The number of hydrogen-bond acceptors (Lipinski definition) is 3. The molecule has 0 aliphatic heterocycles. The molecule has 90 valence electrons. The van der Waals surface area contributed by atoms with Crippen LogP contribution < -0.4 is 10.7 Å². The average Bonchev–Trinajstić information content (AvgIpc) is 2.41. The number of rotatable bonds is 3. The quantitative estimate of drug-likeness (QED) is 0.503. The van der Waals surface area contributed by atoms with E-state index in [0.717, 1.165) is 11.3 Å². The summed E-state index contributed by atoms with van der Waals surface area (Å²) in [6, 6.07) is 13.4. The van der Waals surface area contributed by atoms with Gasteiger partial charge in [0.1, 0.15) is 0 Å². The molecule has 2 aromatic rings. The Hall–Kier alpha value is -2.27. The van der Waals surface area contributed by atoms with E-state index in [1.54, 1.807) is 18.6 Å². The Morgan fingerprint density at radius 2 is 1.83 bits per heavy atom. The molecule has 1 aromatic heterocycles. The number of benzene rings is 1. The molecule has 0 saturated heterocycles. The van der Waals surface area contributed by atoms with Gasteiger partial charge in [0.15, 0.2) is 5.11 Å². The number of nitrogens with zero attached hydrogens (tertiary/aromatic N) is 2. The summed E-state index contributed by atoms with van der Waals surface area (Å²) >= 11 is 5.10. The second kappa shape index (κ2) is 6.46. The number of aromatic nitrogens is 1. The lowest BCUT2D eigenvalue weighted by atomic mass is 10.3. The second-order valence-corrected chi connectivity index (χ2v) is 3.88. The van der Waals surface area contributed by atoms with Crippen molar-refractivity contribution in [1.29, 1.82) is 0 Å². The Balaban J connectivity index is 1.84. The molecule has 0 fully saturated rings. The second-order valence-electron chi connectivity index (χ2n) is 3.47. The van der Waals surface area contributed by atoms with E-state index in [9.17, 15) is 0 Å². The third-order valence-corrected chi connectivity index (χ3v) is 2.31. The van der Waals surface area contributed by atoms with Crippen molar-refractivity contribution in [2.45, 2.75) is 0 Å². The molecule has 0 radical (unpaired) electrons. The van der Waals surface area contributed by atoms with Crippen LogP contribution in [0.2, 0.25) is 0 Å². The van der Waals surface area contributed by atoms with E-state index in [0.29, 0.717) is 5.11 Å². The largest absolute Gasteiger partial charge is 0.331 e. The smallest absolute Gasteiger partial charge is 0.191 e. The molecule has 4 nitrogen and oxygen atoms in total. The number of anilines is 1. The molecule has 0 unspecified atom stereocenters. The molecule has 1 aromatic carbocycles. The van der Waals surface area contributed by atoms with Gasteiger partial charge in [0.25, 0.3) is 0 Å². The van der Waals surface area contributed by atoms with E-state index < -0.39 is 0 Å². The lowest BCUT2D eigenvalue weighted by Crippen LogP contribution is -2.23. The molecule has 2 N–H and O–H groups in total. The van der Waals surface area contributed by atoms with Gasteiger partial charge in [0.05, 0.1) is 6.21 Å². The number of pyridine rings is 1. The van der Waals surface area contributed by atoms with Crippen LogP contribution in [0, 0.1) is 0 Å². The Morgan fingerprint density at radius 3 is 2.56 bits per heavy atom. The molecule has 0 atom stereocenters. The first-order chi connectivity index (χ1) is 8.84. The number of hydrogen-bond donors (Lipinski definition) is 2. The summed E-state index contributed by atoms with van der Waals surface area (Å²) in [7, 11) is 0. The first kappa shape index (κ1) is 12.2. The van der Waals surface area contributed by atoms with Crippen LogP contribution in [-0.2, 0) is 0 Å². The topological polar surface area (TPSA) is 49.3 Å². The molecule has 2 rings (SSSR count). The van der Waals surface area contributed by atoms with Gasteiger partial charge in [0, 0.05) is 18.1 Å². The molecule has 0 aliphatic rings. The maximum absolute atomic E-state index is 5.10. The lowest BCUT2D eigenvalue weighted by molar-refractivity contribution is 1.05. The van der Waals surface area contributed by atoms with Gasteiger partial charge in [-0.1, -0.05) is 18.2 Å². The van der Waals surface area contributed by atoms with Crippen LogP contribution in [0.4, 0.5) is 5.69 Å². The Labute approximate surface area is 111 Å². The number of hydrazone groups is 1. The highest BCUT2D eigenvalue weighted by atomic mass is 32.1. The van der Waals surface area contributed by atoms with Crippen LogP contribution in [0.3, 0.4) is 0 Å². The molecule has 0 amide bonds. The van der Waals surface area contributed by atoms with Gasteiger partial charge < -0.3 is 5.32 Å². The lowest BCUT2D eigenvalue weighted by Gasteiger charge is -2.05. The van der Waals surface area contributed by atoms with Gasteiger partial charge in [-0.3, -0.25) is 10.4 Å². The van der Waals surface area contributed by atoms with Crippen molar-refractivity contribution in [3.8, 4) is 0 Å². The van der Waals surface area contributed by atoms with Crippen LogP contribution in [0.1, 0.15) is 5.56 Å². The summed E-state index contributed by atoms with van der Waals surface area (Å²) in [5.41, 5.74) is 4.63. The molecule has 5 heteroatoms. The van der Waals surface area contributed by atoms with Crippen molar-refractivity contribution in [2.75, 3.05) is 5.32 Å². The van der Waals surface area contributed by atoms with Gasteiger partial charge in [-0.15, -0.1) is 0 Å². The van der Waals surface area contributed by atoms with Gasteiger partial charge in [0.2, 0.25) is 0 Å². The molecule has 0 bridgehead atoms. The molecule has 1 heterocycles. The van der Waals surface area contributed by atoms with Crippen molar-refractivity contribution in [2.24, 2.45) is 5.10 Å². The zero-order chi connectivity index (χ0) is 12.6. The minimum atomic E-state index is 0.450. The third kappa shape index (κ3) is 3.95. The van der Waals surface area contributed by atoms with Gasteiger partial charge >= 0.3 is 0 Å². The van der Waals surface area contributed by atoms with Crippen LogP contribution in [0.15, 0.2) is 60.0 Å². The van der Waals surface area contributed by atoms with Crippen molar-refractivity contribution in [3.05, 3.63) is 60.4 Å². The highest BCUT2D eigenvalue weighted by molar-refractivity contribution is 7.80. The number of nitrogens with one attached hydrogen (secondary N) is 2. The minimum absolute atomic E-state index is 0.450. The monoisotopic (exact) mass is 256 g/mol. The van der Waals surface area contributed by atoms with Gasteiger partial charge in [-0.2, -0.15) is 5.10 Å². The van der Waals surface area contributed by atoms with E-state index in [-0.39, 0.29) is 0 Å². The van der Waals surface area contributed by atoms with Gasteiger partial charge in [-0.05, 0) is 42.0 Å². The molecule has 0 saturated carbocycles. The van der Waals surface area contributed by atoms with E-state index in [2.05, 4.69) is 20.8 Å². The summed E-state index contributed by atoms with van der Waals surface area (Å²) in [5, 5.41) is 7.50. The number of para-hydroxylation sites is 1. The summed E-state index contributed by atoms with van der Waals surface area (Å²) in [6.45, 7) is 0. The predicted octanol–water partition coefficient (Wildman–Crippen LogP) is 2.40. The summed E-state index contributed by atoms with van der Waals surface area (Å²) in [5.74, 6) is 0. The van der Waals surface area contributed by atoms with Crippen molar-refractivity contribution in [3.63, 3.8) is 0 Å². The fourth-order valence-electron chi connectivity index (χ4n) is 1.30. The first-order valence-corrected chi connectivity index (χ1v) is 5.80. The molecular weight excluding hydrogens is 244 g/mol. The maximum atomic E-state index is 5.10. The fraction of sp³-hybridized carbons (Fsp3) is 0. The molecule has 0 aliphatic carbocycles. The van der Waals surface area contributed by atoms with Crippen molar-refractivity contribution < 1.29 is 0 Å². The number of thiocarbonyl (C=S) groups is 1. The molecule has 0 spiro atoms. The highest BCUT2D eigenvalue weighted by Crippen LogP contribution is 2.04. The minimum Gasteiger partial charge on any atom is -0.331 e. The van der Waals surface area contributed by atoms with Crippen LogP contribution in [-0.4, -0.2) is 16.3 Å².